The Hall–Kier alpha value is -1.98. The quantitative estimate of drug-likeness (QED) is 0.843. The van der Waals surface area contributed by atoms with Gasteiger partial charge in [0.15, 0.2) is 6.23 Å². The normalized spacial score (nSPS) is 29.5. The molecule has 0 fully saturated rings. The molecule has 2 atom stereocenters. The molecule has 4 rings (SSSR count). The van der Waals surface area contributed by atoms with Crippen LogP contribution >= 0.6 is 0 Å². The van der Waals surface area contributed by atoms with E-state index < -0.39 is 6.23 Å². The predicted molar refractivity (Wildman–Crippen MR) is 82.0 cm³/mol. The molecule has 22 heavy (non-hydrogen) atoms. The van der Waals surface area contributed by atoms with Crippen LogP contribution in [0.15, 0.2) is 58.7 Å². The van der Waals surface area contributed by atoms with Crippen LogP contribution in [-0.4, -0.2) is 48.1 Å². The van der Waals surface area contributed by atoms with Crippen molar-refractivity contribution in [2.24, 2.45) is 0 Å². The minimum atomic E-state index is -0.702. The lowest BCUT2D eigenvalue weighted by atomic mass is 9.84. The third-order valence-electron chi connectivity index (χ3n) is 4.78. The van der Waals surface area contributed by atoms with Crippen molar-refractivity contribution in [2.75, 3.05) is 20.8 Å². The van der Waals surface area contributed by atoms with Crippen molar-refractivity contribution < 1.29 is 14.7 Å². The molecule has 5 heteroatoms. The van der Waals surface area contributed by atoms with E-state index in [0.717, 1.165) is 36.4 Å². The average molecular weight is 300 g/mol. The minimum absolute atomic E-state index is 0.251. The fraction of sp³-hybridized carbons (Fsp3) is 0.412. The van der Waals surface area contributed by atoms with Gasteiger partial charge >= 0.3 is 0 Å². The standard InChI is InChI=1S/C17H20N2O3/c1-21-13-4-3-11-10-18-6-5-15-14(9-17(20)19(15)22-2)16(18)8-12(11)7-13/h4-5,7,9-10,16-17,20H,3,6,8H2,1-2H3/t16?,17-/m0/s1. The van der Waals surface area contributed by atoms with Crippen molar-refractivity contribution >= 4 is 0 Å². The maximum absolute atomic E-state index is 10.1. The Bertz CT molecular complexity index is 657. The van der Waals surface area contributed by atoms with Gasteiger partial charge in [-0.2, -0.15) is 0 Å². The molecule has 1 aliphatic carbocycles. The molecule has 4 aliphatic rings. The minimum Gasteiger partial charge on any atom is -0.497 e. The highest BCUT2D eigenvalue weighted by Gasteiger charge is 2.39. The Morgan fingerprint density at radius 1 is 1.23 bits per heavy atom. The van der Waals surface area contributed by atoms with E-state index in [0.29, 0.717) is 0 Å². The summed E-state index contributed by atoms with van der Waals surface area (Å²) in [6.07, 6.45) is 11.6. The van der Waals surface area contributed by atoms with E-state index in [1.807, 2.05) is 6.08 Å². The molecule has 0 amide bonds. The molecule has 1 unspecified atom stereocenters. The monoisotopic (exact) mass is 300 g/mol. The van der Waals surface area contributed by atoms with E-state index in [9.17, 15) is 5.11 Å². The number of hydrogen-bond donors (Lipinski definition) is 1. The number of ether oxygens (including phenoxy) is 1. The highest BCUT2D eigenvalue weighted by atomic mass is 16.7. The Labute approximate surface area is 130 Å². The summed E-state index contributed by atoms with van der Waals surface area (Å²) < 4.78 is 5.36. The second kappa shape index (κ2) is 5.04. The zero-order valence-corrected chi connectivity index (χ0v) is 12.8. The van der Waals surface area contributed by atoms with Gasteiger partial charge in [0.1, 0.15) is 5.76 Å². The first-order valence-corrected chi connectivity index (χ1v) is 7.56. The third kappa shape index (κ3) is 1.93. The van der Waals surface area contributed by atoms with E-state index in [1.165, 1.54) is 11.1 Å². The fourth-order valence-corrected chi connectivity index (χ4v) is 3.69. The molecule has 0 aromatic rings. The third-order valence-corrected chi connectivity index (χ3v) is 4.78. The number of aliphatic hydroxyl groups is 1. The number of methoxy groups -OCH3 is 1. The van der Waals surface area contributed by atoms with Crippen LogP contribution in [0.25, 0.3) is 0 Å². The van der Waals surface area contributed by atoms with Gasteiger partial charge in [-0.05, 0) is 48.3 Å². The topological polar surface area (TPSA) is 45.2 Å². The summed E-state index contributed by atoms with van der Waals surface area (Å²) in [4.78, 5) is 7.65. The molecule has 0 radical (unpaired) electrons. The van der Waals surface area contributed by atoms with Gasteiger partial charge in [0, 0.05) is 18.3 Å². The summed E-state index contributed by atoms with van der Waals surface area (Å²) in [5.41, 5.74) is 4.82. The number of nitrogens with zero attached hydrogens (tertiary/aromatic N) is 2. The molecular weight excluding hydrogens is 280 g/mol. The summed E-state index contributed by atoms with van der Waals surface area (Å²) in [6.45, 7) is 0.835. The second-order valence-electron chi connectivity index (χ2n) is 5.89. The zero-order chi connectivity index (χ0) is 15.3. The molecule has 0 bridgehead atoms. The summed E-state index contributed by atoms with van der Waals surface area (Å²) >= 11 is 0. The van der Waals surface area contributed by atoms with E-state index >= 15 is 0 Å². The highest BCUT2D eigenvalue weighted by Crippen LogP contribution is 2.42. The van der Waals surface area contributed by atoms with Crippen LogP contribution in [-0.2, 0) is 9.57 Å². The van der Waals surface area contributed by atoms with Gasteiger partial charge in [0.25, 0.3) is 0 Å². The van der Waals surface area contributed by atoms with Gasteiger partial charge in [-0.15, -0.1) is 0 Å². The van der Waals surface area contributed by atoms with Crippen molar-refractivity contribution in [3.05, 3.63) is 58.7 Å². The SMILES string of the molecule is COC1=CCC2=CN3CC=C4C(=C[C@H](O)N4OC)C3CC2=C1. The first-order valence-electron chi connectivity index (χ1n) is 7.56. The fourth-order valence-electron chi connectivity index (χ4n) is 3.69. The van der Waals surface area contributed by atoms with Crippen LogP contribution in [0.5, 0.6) is 0 Å². The van der Waals surface area contributed by atoms with Crippen molar-refractivity contribution in [1.29, 1.82) is 0 Å². The summed E-state index contributed by atoms with van der Waals surface area (Å²) in [5.74, 6) is 0.936. The van der Waals surface area contributed by atoms with Gasteiger partial charge in [0.2, 0.25) is 0 Å². The van der Waals surface area contributed by atoms with Gasteiger partial charge in [-0.3, -0.25) is 4.84 Å². The van der Waals surface area contributed by atoms with E-state index in [-0.39, 0.29) is 6.04 Å². The lowest BCUT2D eigenvalue weighted by Crippen LogP contribution is -2.41. The van der Waals surface area contributed by atoms with Crippen molar-refractivity contribution in [3.63, 3.8) is 0 Å². The molecule has 3 heterocycles. The number of fused-ring (bicyclic) bond motifs is 4. The number of aliphatic hydroxyl groups excluding tert-OH is 1. The first kappa shape index (κ1) is 13.7. The van der Waals surface area contributed by atoms with Gasteiger partial charge in [-0.25, -0.2) is 5.06 Å². The van der Waals surface area contributed by atoms with Crippen molar-refractivity contribution in [2.45, 2.75) is 25.1 Å². The lowest BCUT2D eigenvalue weighted by Gasteiger charge is -2.41. The van der Waals surface area contributed by atoms with Crippen LogP contribution in [0, 0.1) is 0 Å². The molecule has 5 nitrogen and oxygen atoms in total. The Kier molecular flexibility index (Phi) is 3.13. The largest absolute Gasteiger partial charge is 0.497 e. The average Bonchev–Trinajstić information content (AvgIpc) is 2.88. The Morgan fingerprint density at radius 3 is 2.86 bits per heavy atom. The van der Waals surface area contributed by atoms with Crippen molar-refractivity contribution in [3.8, 4) is 0 Å². The predicted octanol–water partition coefficient (Wildman–Crippen LogP) is 1.82. The zero-order valence-electron chi connectivity index (χ0n) is 12.8. The molecule has 1 N–H and O–H groups in total. The van der Waals surface area contributed by atoms with E-state index in [2.05, 4.69) is 29.3 Å². The van der Waals surface area contributed by atoms with Crippen LogP contribution in [0.3, 0.4) is 0 Å². The number of allylic oxidation sites excluding steroid dienone is 3. The summed E-state index contributed by atoms with van der Waals surface area (Å²) in [6, 6.07) is 0.251. The molecule has 0 spiro atoms. The lowest BCUT2D eigenvalue weighted by molar-refractivity contribution is -0.168. The maximum Gasteiger partial charge on any atom is 0.171 e. The number of rotatable bonds is 2. The van der Waals surface area contributed by atoms with Gasteiger partial charge in [0.05, 0.1) is 26.0 Å². The smallest absolute Gasteiger partial charge is 0.171 e. The van der Waals surface area contributed by atoms with Crippen molar-refractivity contribution in [1.82, 2.24) is 9.96 Å². The molecule has 0 aromatic heterocycles. The van der Waals surface area contributed by atoms with Crippen LogP contribution < -0.4 is 0 Å². The molecule has 3 aliphatic heterocycles. The first-order chi connectivity index (χ1) is 10.7. The summed E-state index contributed by atoms with van der Waals surface area (Å²) in [5, 5.41) is 11.7. The van der Waals surface area contributed by atoms with E-state index in [4.69, 9.17) is 9.57 Å². The maximum atomic E-state index is 10.1. The summed E-state index contributed by atoms with van der Waals surface area (Å²) in [7, 11) is 3.30. The molecule has 0 aromatic carbocycles. The van der Waals surface area contributed by atoms with Crippen LogP contribution in [0.1, 0.15) is 12.8 Å². The second-order valence-corrected chi connectivity index (χ2v) is 5.89. The van der Waals surface area contributed by atoms with Crippen LogP contribution in [0.2, 0.25) is 0 Å². The Balaban J connectivity index is 1.69. The van der Waals surface area contributed by atoms with E-state index in [1.54, 1.807) is 19.3 Å². The molecule has 0 saturated carbocycles. The number of hydrogen-bond acceptors (Lipinski definition) is 5. The molecule has 116 valence electrons. The van der Waals surface area contributed by atoms with Crippen LogP contribution in [0.4, 0.5) is 0 Å². The number of hydroxylamine groups is 2. The highest BCUT2D eigenvalue weighted by molar-refractivity contribution is 5.50. The van der Waals surface area contributed by atoms with Gasteiger partial charge < -0.3 is 14.7 Å². The van der Waals surface area contributed by atoms with Gasteiger partial charge in [-0.1, -0.05) is 0 Å². The Morgan fingerprint density at radius 2 is 2.09 bits per heavy atom. The molecule has 0 saturated heterocycles. The molecular formula is C17H20N2O3.